The minimum Gasteiger partial charge on any atom is -0.464 e. The SMILES string of the molecule is CCOC(=O)[C@@]1(c2ccccc2)N[C@@H](c2cccs2)[C@H]2C(=O)N(C)C(=O)[C@@H]21. The molecule has 4 atom stereocenters. The first-order valence-electron chi connectivity index (χ1n) is 8.87. The van der Waals surface area contributed by atoms with Crippen LogP contribution < -0.4 is 5.32 Å². The van der Waals surface area contributed by atoms with Gasteiger partial charge in [-0.1, -0.05) is 36.4 Å². The van der Waals surface area contributed by atoms with Crippen molar-refractivity contribution in [2.75, 3.05) is 13.7 Å². The highest BCUT2D eigenvalue weighted by Gasteiger charge is 2.69. The van der Waals surface area contributed by atoms with Gasteiger partial charge in [-0.15, -0.1) is 11.3 Å². The number of likely N-dealkylation sites (tertiary alicyclic amines) is 1. The zero-order chi connectivity index (χ0) is 19.2. The number of thiophene rings is 1. The number of ether oxygens (including phenoxy) is 1. The zero-order valence-electron chi connectivity index (χ0n) is 15.0. The topological polar surface area (TPSA) is 75.7 Å². The Balaban J connectivity index is 1.93. The smallest absolute Gasteiger partial charge is 0.331 e. The van der Waals surface area contributed by atoms with Crippen molar-refractivity contribution in [1.29, 1.82) is 0 Å². The average molecular weight is 384 g/mol. The first kappa shape index (κ1) is 17.9. The summed E-state index contributed by atoms with van der Waals surface area (Å²) in [6, 6.07) is 12.5. The van der Waals surface area contributed by atoms with Gasteiger partial charge in [0.15, 0.2) is 5.54 Å². The quantitative estimate of drug-likeness (QED) is 0.645. The van der Waals surface area contributed by atoms with E-state index in [0.717, 1.165) is 9.78 Å². The molecule has 0 aliphatic carbocycles. The third kappa shape index (κ3) is 2.45. The molecule has 27 heavy (non-hydrogen) atoms. The Morgan fingerprint density at radius 2 is 1.93 bits per heavy atom. The molecule has 0 radical (unpaired) electrons. The molecular formula is C20H20N2O4S. The highest BCUT2D eigenvalue weighted by Crippen LogP contribution is 2.53. The van der Waals surface area contributed by atoms with E-state index in [-0.39, 0.29) is 18.4 Å². The van der Waals surface area contributed by atoms with Crippen LogP contribution in [0.4, 0.5) is 0 Å². The average Bonchev–Trinajstić information content (AvgIpc) is 3.37. The normalized spacial score (nSPS) is 29.9. The lowest BCUT2D eigenvalue weighted by Gasteiger charge is -2.32. The fraction of sp³-hybridized carbons (Fsp3) is 0.350. The second kappa shape index (κ2) is 6.58. The maximum Gasteiger partial charge on any atom is 0.331 e. The van der Waals surface area contributed by atoms with Crippen LogP contribution in [0.5, 0.6) is 0 Å². The number of nitrogens with zero attached hydrogens (tertiary/aromatic N) is 1. The Labute approximate surface area is 161 Å². The molecule has 7 heteroatoms. The summed E-state index contributed by atoms with van der Waals surface area (Å²) in [5.41, 5.74) is -0.761. The van der Waals surface area contributed by atoms with Crippen LogP contribution in [-0.4, -0.2) is 36.3 Å². The Hall–Kier alpha value is -2.51. The number of nitrogens with one attached hydrogen (secondary N) is 1. The van der Waals surface area contributed by atoms with Crippen molar-refractivity contribution in [2.24, 2.45) is 11.8 Å². The second-order valence-electron chi connectivity index (χ2n) is 6.77. The number of fused-ring (bicyclic) bond motifs is 1. The molecule has 1 N–H and O–H groups in total. The Morgan fingerprint density at radius 3 is 2.56 bits per heavy atom. The van der Waals surface area contributed by atoms with E-state index in [4.69, 9.17) is 4.74 Å². The summed E-state index contributed by atoms with van der Waals surface area (Å²) in [4.78, 5) is 41.3. The summed E-state index contributed by atoms with van der Waals surface area (Å²) in [6.07, 6.45) is 0. The third-order valence-electron chi connectivity index (χ3n) is 5.46. The largest absolute Gasteiger partial charge is 0.464 e. The molecule has 2 fully saturated rings. The molecule has 0 unspecified atom stereocenters. The van der Waals surface area contributed by atoms with Crippen molar-refractivity contribution < 1.29 is 19.1 Å². The van der Waals surface area contributed by atoms with Crippen LogP contribution in [0.15, 0.2) is 47.8 Å². The summed E-state index contributed by atoms with van der Waals surface area (Å²) >= 11 is 1.50. The van der Waals surface area contributed by atoms with Crippen LogP contribution in [-0.2, 0) is 24.7 Å². The number of imide groups is 1. The van der Waals surface area contributed by atoms with Crippen LogP contribution in [0.1, 0.15) is 23.4 Å². The molecule has 4 rings (SSSR count). The summed E-state index contributed by atoms with van der Waals surface area (Å²) in [5, 5.41) is 5.28. The molecule has 1 aromatic heterocycles. The van der Waals surface area contributed by atoms with Crippen molar-refractivity contribution in [3.8, 4) is 0 Å². The number of benzene rings is 1. The number of hydrogen-bond acceptors (Lipinski definition) is 6. The van der Waals surface area contributed by atoms with Gasteiger partial charge in [0.1, 0.15) is 0 Å². The van der Waals surface area contributed by atoms with E-state index in [9.17, 15) is 14.4 Å². The lowest BCUT2D eigenvalue weighted by atomic mass is 9.75. The van der Waals surface area contributed by atoms with Crippen molar-refractivity contribution in [1.82, 2.24) is 10.2 Å². The van der Waals surface area contributed by atoms with Crippen molar-refractivity contribution in [2.45, 2.75) is 18.5 Å². The Bertz CT molecular complexity index is 883. The first-order chi connectivity index (χ1) is 13.0. The van der Waals surface area contributed by atoms with Gasteiger partial charge < -0.3 is 4.74 Å². The summed E-state index contributed by atoms with van der Waals surface area (Å²) in [6.45, 7) is 1.92. The number of esters is 1. The van der Waals surface area contributed by atoms with Crippen LogP contribution in [0.3, 0.4) is 0 Å². The van der Waals surface area contributed by atoms with Gasteiger partial charge in [-0.3, -0.25) is 19.8 Å². The van der Waals surface area contributed by atoms with Crippen LogP contribution in [0.2, 0.25) is 0 Å². The lowest BCUT2D eigenvalue weighted by molar-refractivity contribution is -0.156. The molecule has 2 aliphatic heterocycles. The molecule has 2 aromatic rings. The minimum absolute atomic E-state index is 0.189. The van der Waals surface area contributed by atoms with Gasteiger partial charge in [-0.2, -0.15) is 0 Å². The van der Waals surface area contributed by atoms with Crippen molar-refractivity contribution in [3.63, 3.8) is 0 Å². The Kier molecular flexibility index (Phi) is 4.36. The molecule has 1 aromatic carbocycles. The van der Waals surface area contributed by atoms with Gasteiger partial charge in [0.25, 0.3) is 0 Å². The summed E-state index contributed by atoms with van der Waals surface area (Å²) in [7, 11) is 1.48. The van der Waals surface area contributed by atoms with Crippen molar-refractivity contribution in [3.05, 3.63) is 58.3 Å². The van der Waals surface area contributed by atoms with Gasteiger partial charge in [0.05, 0.1) is 24.5 Å². The highest BCUT2D eigenvalue weighted by molar-refractivity contribution is 7.10. The van der Waals surface area contributed by atoms with Crippen LogP contribution in [0.25, 0.3) is 0 Å². The highest BCUT2D eigenvalue weighted by atomic mass is 32.1. The molecule has 140 valence electrons. The van der Waals surface area contributed by atoms with Gasteiger partial charge in [-0.25, -0.2) is 4.79 Å². The molecule has 2 aliphatic rings. The molecule has 3 heterocycles. The molecule has 2 saturated heterocycles. The molecule has 6 nitrogen and oxygen atoms in total. The van der Waals surface area contributed by atoms with Gasteiger partial charge in [-0.05, 0) is 23.9 Å². The monoisotopic (exact) mass is 384 g/mol. The first-order valence-corrected chi connectivity index (χ1v) is 9.75. The number of rotatable bonds is 4. The molecule has 0 spiro atoms. The minimum atomic E-state index is -1.39. The van der Waals surface area contributed by atoms with Crippen LogP contribution in [0, 0.1) is 11.8 Å². The summed E-state index contributed by atoms with van der Waals surface area (Å²) < 4.78 is 5.40. The molecule has 0 bridgehead atoms. The third-order valence-corrected chi connectivity index (χ3v) is 6.41. The Morgan fingerprint density at radius 1 is 1.19 bits per heavy atom. The van der Waals surface area contributed by atoms with Gasteiger partial charge >= 0.3 is 5.97 Å². The standard InChI is InChI=1S/C20H20N2O4S/c1-3-26-19(25)20(12-8-5-4-6-9-12)15-14(17(23)22(2)18(15)24)16(21-20)13-10-7-11-27-13/h4-11,14-16,21H,3H2,1-2H3/t14-,15+,16-,20-/m0/s1. The van der Waals surface area contributed by atoms with E-state index in [1.165, 1.54) is 18.4 Å². The van der Waals surface area contributed by atoms with Crippen LogP contribution >= 0.6 is 11.3 Å². The second-order valence-corrected chi connectivity index (χ2v) is 7.75. The maximum atomic E-state index is 13.2. The number of carbonyl (C=O) groups excluding carboxylic acids is 3. The van der Waals surface area contributed by atoms with E-state index in [1.54, 1.807) is 19.1 Å². The fourth-order valence-corrected chi connectivity index (χ4v) is 5.10. The van der Waals surface area contributed by atoms with Gasteiger partial charge in [0.2, 0.25) is 11.8 Å². The molecule has 2 amide bonds. The maximum absolute atomic E-state index is 13.2. The predicted octanol–water partition coefficient (Wildman–Crippen LogP) is 2.08. The number of amides is 2. The van der Waals surface area contributed by atoms with E-state index >= 15 is 0 Å². The molecular weight excluding hydrogens is 364 g/mol. The number of carbonyl (C=O) groups is 3. The van der Waals surface area contributed by atoms with E-state index in [0.29, 0.717) is 5.56 Å². The lowest BCUT2D eigenvalue weighted by Crippen LogP contribution is -2.53. The summed E-state index contributed by atoms with van der Waals surface area (Å²) in [5.74, 6) is -2.64. The van der Waals surface area contributed by atoms with Crippen molar-refractivity contribution >= 4 is 29.1 Å². The van der Waals surface area contributed by atoms with E-state index in [1.807, 2.05) is 35.7 Å². The predicted molar refractivity (Wildman–Crippen MR) is 99.7 cm³/mol. The fourth-order valence-electron chi connectivity index (χ4n) is 4.28. The zero-order valence-corrected chi connectivity index (χ0v) is 15.9. The van der Waals surface area contributed by atoms with Gasteiger partial charge in [0, 0.05) is 11.9 Å². The molecule has 0 saturated carbocycles. The number of hydrogen-bond donors (Lipinski definition) is 1. The van der Waals surface area contributed by atoms with E-state index < -0.39 is 29.4 Å². The van der Waals surface area contributed by atoms with E-state index in [2.05, 4.69) is 5.32 Å².